The number of carbonyl (C=O) groups excluding carboxylic acids is 2. The monoisotopic (exact) mass is 382 g/mol. The molecule has 0 aliphatic rings. The number of hydrogen-bond acceptors (Lipinski definition) is 5. The summed E-state index contributed by atoms with van der Waals surface area (Å²) in [7, 11) is 0. The normalized spacial score (nSPS) is 10.2. The molecular weight excluding hydrogens is 371 g/mol. The van der Waals surface area contributed by atoms with E-state index in [9.17, 15) is 19.7 Å². The summed E-state index contributed by atoms with van der Waals surface area (Å²) in [5.41, 5.74) is 0.971. The molecule has 0 aliphatic heterocycles. The van der Waals surface area contributed by atoms with Crippen LogP contribution in [-0.4, -0.2) is 23.4 Å². The van der Waals surface area contributed by atoms with Crippen LogP contribution in [0.3, 0.4) is 0 Å². The molecule has 0 unspecified atom stereocenters. The van der Waals surface area contributed by atoms with Gasteiger partial charge in [0, 0.05) is 22.8 Å². The molecule has 130 valence electrons. The number of halogens is 2. The summed E-state index contributed by atoms with van der Waals surface area (Å²) in [4.78, 5) is 33.8. The number of anilines is 1. The molecular formula is C16H12Cl2N2O5. The first-order chi connectivity index (χ1) is 11.8. The minimum absolute atomic E-state index is 0.0704. The molecule has 0 atom stereocenters. The van der Waals surface area contributed by atoms with Gasteiger partial charge in [-0.05, 0) is 30.7 Å². The Morgan fingerprint density at radius 1 is 1.20 bits per heavy atom. The van der Waals surface area contributed by atoms with Gasteiger partial charge in [-0.1, -0.05) is 29.3 Å². The van der Waals surface area contributed by atoms with Crippen LogP contribution < -0.4 is 5.32 Å². The van der Waals surface area contributed by atoms with Gasteiger partial charge in [-0.15, -0.1) is 0 Å². The minimum Gasteiger partial charge on any atom is -0.452 e. The van der Waals surface area contributed by atoms with E-state index in [1.54, 1.807) is 25.1 Å². The van der Waals surface area contributed by atoms with Crippen LogP contribution in [0.2, 0.25) is 10.0 Å². The predicted molar refractivity (Wildman–Crippen MR) is 93.2 cm³/mol. The van der Waals surface area contributed by atoms with E-state index >= 15 is 0 Å². The maximum Gasteiger partial charge on any atom is 0.340 e. The maximum absolute atomic E-state index is 11.9. The topological polar surface area (TPSA) is 98.5 Å². The number of hydrogen-bond donors (Lipinski definition) is 1. The largest absolute Gasteiger partial charge is 0.452 e. The number of esters is 1. The summed E-state index contributed by atoms with van der Waals surface area (Å²) in [5, 5.41) is 13.5. The number of nitrogens with one attached hydrogen (secondary N) is 1. The van der Waals surface area contributed by atoms with Crippen molar-refractivity contribution in [1.82, 2.24) is 0 Å². The summed E-state index contributed by atoms with van der Waals surface area (Å²) in [6.45, 7) is 1.24. The van der Waals surface area contributed by atoms with E-state index in [1.807, 2.05) is 0 Å². The van der Waals surface area contributed by atoms with Gasteiger partial charge in [-0.2, -0.15) is 0 Å². The average Bonchev–Trinajstić information content (AvgIpc) is 2.55. The van der Waals surface area contributed by atoms with Crippen molar-refractivity contribution in [2.24, 2.45) is 0 Å². The lowest BCUT2D eigenvalue weighted by atomic mass is 10.2. The third kappa shape index (κ3) is 4.91. The fraction of sp³-hybridized carbons (Fsp3) is 0.125. The van der Waals surface area contributed by atoms with Crippen molar-refractivity contribution in [3.63, 3.8) is 0 Å². The average molecular weight is 383 g/mol. The standard InChI is InChI=1S/C16H12Cl2N2O5/c1-9-2-3-10(17)6-14(9)19-15(21)8-25-16(22)12-5-4-11(20(23)24)7-13(12)18/h2-7H,8H2,1H3,(H,19,21). The molecule has 2 aromatic carbocycles. The highest BCUT2D eigenvalue weighted by molar-refractivity contribution is 6.33. The van der Waals surface area contributed by atoms with Crippen LogP contribution in [0.1, 0.15) is 15.9 Å². The van der Waals surface area contributed by atoms with E-state index in [1.165, 1.54) is 6.07 Å². The van der Waals surface area contributed by atoms with Crippen LogP contribution in [0.25, 0.3) is 0 Å². The first kappa shape index (κ1) is 18.7. The molecule has 0 fully saturated rings. The van der Waals surface area contributed by atoms with Crippen LogP contribution in [0.4, 0.5) is 11.4 Å². The van der Waals surface area contributed by atoms with Gasteiger partial charge in [-0.25, -0.2) is 4.79 Å². The molecule has 9 heteroatoms. The first-order valence-corrected chi connectivity index (χ1v) is 7.70. The van der Waals surface area contributed by atoms with Gasteiger partial charge in [0.15, 0.2) is 6.61 Å². The fourth-order valence-electron chi connectivity index (χ4n) is 1.91. The van der Waals surface area contributed by atoms with Crippen LogP contribution in [0.15, 0.2) is 36.4 Å². The number of nitro groups is 1. The van der Waals surface area contributed by atoms with Gasteiger partial charge in [0.25, 0.3) is 11.6 Å². The van der Waals surface area contributed by atoms with Gasteiger partial charge >= 0.3 is 5.97 Å². The van der Waals surface area contributed by atoms with Gasteiger partial charge in [0.05, 0.1) is 15.5 Å². The molecule has 7 nitrogen and oxygen atoms in total. The lowest BCUT2D eigenvalue weighted by Gasteiger charge is -2.10. The second kappa shape index (κ2) is 7.96. The highest BCUT2D eigenvalue weighted by Crippen LogP contribution is 2.23. The van der Waals surface area contributed by atoms with Gasteiger partial charge in [0.2, 0.25) is 0 Å². The van der Waals surface area contributed by atoms with Crippen molar-refractivity contribution in [3.8, 4) is 0 Å². The number of amides is 1. The molecule has 1 amide bonds. The van der Waals surface area contributed by atoms with Gasteiger partial charge in [0.1, 0.15) is 0 Å². The summed E-state index contributed by atoms with van der Waals surface area (Å²) in [5.74, 6) is -1.42. The molecule has 0 aromatic heterocycles. The van der Waals surface area contributed by atoms with Crippen molar-refractivity contribution in [2.45, 2.75) is 6.92 Å². The maximum atomic E-state index is 11.9. The number of aryl methyl sites for hydroxylation is 1. The Bertz CT molecular complexity index is 854. The number of carbonyl (C=O) groups is 2. The van der Waals surface area contributed by atoms with Crippen molar-refractivity contribution >= 4 is 46.5 Å². The highest BCUT2D eigenvalue weighted by Gasteiger charge is 2.17. The van der Waals surface area contributed by atoms with Gasteiger partial charge < -0.3 is 10.1 Å². The highest BCUT2D eigenvalue weighted by atomic mass is 35.5. The zero-order chi connectivity index (χ0) is 18.6. The number of nitrogens with zero attached hydrogens (tertiary/aromatic N) is 1. The molecule has 25 heavy (non-hydrogen) atoms. The fourth-order valence-corrected chi connectivity index (χ4v) is 2.33. The lowest BCUT2D eigenvalue weighted by molar-refractivity contribution is -0.384. The minimum atomic E-state index is -0.863. The molecule has 2 rings (SSSR count). The summed E-state index contributed by atoms with van der Waals surface area (Å²) in [6.07, 6.45) is 0. The molecule has 2 aromatic rings. The Hall–Kier alpha value is -2.64. The number of rotatable bonds is 5. The Morgan fingerprint density at radius 3 is 2.56 bits per heavy atom. The summed E-state index contributed by atoms with van der Waals surface area (Å²) >= 11 is 11.7. The van der Waals surface area contributed by atoms with Gasteiger partial charge in [-0.3, -0.25) is 14.9 Å². The Kier molecular flexibility index (Phi) is 5.95. The number of ether oxygens (including phenoxy) is 1. The third-order valence-corrected chi connectivity index (χ3v) is 3.74. The Morgan fingerprint density at radius 2 is 1.92 bits per heavy atom. The third-order valence-electron chi connectivity index (χ3n) is 3.19. The Balaban J connectivity index is 1.98. The molecule has 0 aliphatic carbocycles. The lowest BCUT2D eigenvalue weighted by Crippen LogP contribution is -2.21. The van der Waals surface area contributed by atoms with Crippen molar-refractivity contribution in [1.29, 1.82) is 0 Å². The number of benzene rings is 2. The van der Waals surface area contributed by atoms with E-state index in [0.29, 0.717) is 10.7 Å². The summed E-state index contributed by atoms with van der Waals surface area (Å²) < 4.78 is 4.88. The van der Waals surface area contributed by atoms with E-state index in [4.69, 9.17) is 27.9 Å². The second-order valence-corrected chi connectivity index (χ2v) is 5.85. The van der Waals surface area contributed by atoms with E-state index in [-0.39, 0.29) is 16.3 Å². The zero-order valence-electron chi connectivity index (χ0n) is 12.9. The molecule has 0 spiro atoms. The number of nitro benzene ring substituents is 1. The first-order valence-electron chi connectivity index (χ1n) is 6.95. The van der Waals surface area contributed by atoms with Crippen LogP contribution in [-0.2, 0) is 9.53 Å². The quantitative estimate of drug-likeness (QED) is 0.478. The van der Waals surface area contributed by atoms with Crippen LogP contribution in [0.5, 0.6) is 0 Å². The van der Waals surface area contributed by atoms with E-state index in [0.717, 1.165) is 17.7 Å². The smallest absolute Gasteiger partial charge is 0.340 e. The molecule has 0 saturated heterocycles. The molecule has 1 N–H and O–H groups in total. The van der Waals surface area contributed by atoms with Crippen LogP contribution in [0, 0.1) is 17.0 Å². The van der Waals surface area contributed by atoms with Crippen LogP contribution >= 0.6 is 23.2 Å². The van der Waals surface area contributed by atoms with E-state index < -0.39 is 23.4 Å². The van der Waals surface area contributed by atoms with Crippen molar-refractivity contribution < 1.29 is 19.2 Å². The zero-order valence-corrected chi connectivity index (χ0v) is 14.4. The second-order valence-electron chi connectivity index (χ2n) is 5.00. The molecule has 0 saturated carbocycles. The molecule has 0 heterocycles. The molecule has 0 bridgehead atoms. The number of non-ortho nitro benzene ring substituents is 1. The van der Waals surface area contributed by atoms with Crippen molar-refractivity contribution in [3.05, 3.63) is 67.7 Å². The molecule has 0 radical (unpaired) electrons. The summed E-state index contributed by atoms with van der Waals surface area (Å²) in [6, 6.07) is 8.32. The van der Waals surface area contributed by atoms with E-state index in [2.05, 4.69) is 5.32 Å². The SMILES string of the molecule is Cc1ccc(Cl)cc1NC(=O)COC(=O)c1ccc([N+](=O)[O-])cc1Cl. The Labute approximate surface area is 152 Å². The van der Waals surface area contributed by atoms with Crippen molar-refractivity contribution in [2.75, 3.05) is 11.9 Å². The predicted octanol–water partition coefficient (Wildman–Crippen LogP) is 4.01.